The molecule has 1 amide bonds. The number of carbonyl (C=O) groups excluding carboxylic acids is 1. The van der Waals surface area contributed by atoms with Gasteiger partial charge in [-0.3, -0.25) is 4.79 Å². The fraction of sp³-hybridized carbons (Fsp3) is 0.611. The summed E-state index contributed by atoms with van der Waals surface area (Å²) in [4.78, 5) is 12.4. The molecule has 6 heteroatoms. The zero-order valence-corrected chi connectivity index (χ0v) is 14.3. The number of benzene rings is 1. The second-order valence-corrected chi connectivity index (χ2v) is 6.29. The van der Waals surface area contributed by atoms with Gasteiger partial charge in [0.2, 0.25) is 5.91 Å². The first kappa shape index (κ1) is 17.0. The van der Waals surface area contributed by atoms with Gasteiger partial charge in [-0.2, -0.15) is 0 Å². The van der Waals surface area contributed by atoms with Gasteiger partial charge < -0.3 is 24.3 Å². The van der Waals surface area contributed by atoms with Gasteiger partial charge in [-0.05, 0) is 30.5 Å². The highest BCUT2D eigenvalue weighted by atomic mass is 16.7. The Kier molecular flexibility index (Phi) is 5.26. The van der Waals surface area contributed by atoms with Crippen LogP contribution in [-0.4, -0.2) is 39.1 Å². The summed E-state index contributed by atoms with van der Waals surface area (Å²) in [7, 11) is 3.21. The highest BCUT2D eigenvalue weighted by Crippen LogP contribution is 2.38. The Morgan fingerprint density at radius 2 is 1.83 bits per heavy atom. The van der Waals surface area contributed by atoms with Crippen LogP contribution in [0.25, 0.3) is 0 Å². The number of hydrogen-bond acceptors (Lipinski definition) is 5. The molecule has 2 aliphatic rings. The highest BCUT2D eigenvalue weighted by molar-refractivity contribution is 5.78. The average molecular weight is 335 g/mol. The van der Waals surface area contributed by atoms with Gasteiger partial charge in [-0.1, -0.05) is 6.07 Å². The Bertz CT molecular complexity index is 573. The molecule has 1 aliphatic heterocycles. The SMILES string of the molecule is COc1ccc(CNC(=O)C2CCC3(CC2)OCCO3)cc1OC. The van der Waals surface area contributed by atoms with E-state index in [0.29, 0.717) is 31.3 Å². The molecule has 1 heterocycles. The minimum atomic E-state index is -0.417. The van der Waals surface area contributed by atoms with Crippen LogP contribution in [-0.2, 0) is 20.8 Å². The fourth-order valence-corrected chi connectivity index (χ4v) is 3.43. The Morgan fingerprint density at radius 1 is 1.17 bits per heavy atom. The molecule has 0 unspecified atom stereocenters. The van der Waals surface area contributed by atoms with Crippen LogP contribution in [0.15, 0.2) is 18.2 Å². The first-order chi connectivity index (χ1) is 11.7. The summed E-state index contributed by atoms with van der Waals surface area (Å²) in [6, 6.07) is 5.66. The van der Waals surface area contributed by atoms with Crippen LogP contribution in [0, 0.1) is 5.92 Å². The van der Waals surface area contributed by atoms with E-state index in [2.05, 4.69) is 5.32 Å². The predicted octanol–water partition coefficient (Wildman–Crippen LogP) is 2.25. The molecule has 24 heavy (non-hydrogen) atoms. The third-order valence-corrected chi connectivity index (χ3v) is 4.85. The van der Waals surface area contributed by atoms with Crippen molar-refractivity contribution in [2.45, 2.75) is 38.0 Å². The van der Waals surface area contributed by atoms with Crippen molar-refractivity contribution in [2.24, 2.45) is 5.92 Å². The molecule has 132 valence electrons. The Balaban J connectivity index is 1.51. The third kappa shape index (κ3) is 3.65. The van der Waals surface area contributed by atoms with Gasteiger partial charge in [0.25, 0.3) is 0 Å². The van der Waals surface area contributed by atoms with Crippen LogP contribution >= 0.6 is 0 Å². The molecular weight excluding hydrogens is 310 g/mol. The van der Waals surface area contributed by atoms with E-state index < -0.39 is 5.79 Å². The maximum absolute atomic E-state index is 12.4. The second-order valence-electron chi connectivity index (χ2n) is 6.29. The lowest BCUT2D eigenvalue weighted by Crippen LogP contribution is -2.40. The lowest BCUT2D eigenvalue weighted by atomic mass is 9.84. The van der Waals surface area contributed by atoms with E-state index in [-0.39, 0.29) is 11.8 Å². The second kappa shape index (κ2) is 7.40. The van der Waals surface area contributed by atoms with Crippen molar-refractivity contribution in [3.8, 4) is 11.5 Å². The Morgan fingerprint density at radius 3 is 2.46 bits per heavy atom. The Hall–Kier alpha value is -1.79. The summed E-state index contributed by atoms with van der Waals surface area (Å²) in [5.74, 6) is 1.06. The van der Waals surface area contributed by atoms with Gasteiger partial charge in [-0.25, -0.2) is 0 Å². The molecule has 1 saturated heterocycles. The number of methoxy groups -OCH3 is 2. The molecule has 1 aromatic rings. The van der Waals surface area contributed by atoms with Gasteiger partial charge in [-0.15, -0.1) is 0 Å². The van der Waals surface area contributed by atoms with Crippen molar-refractivity contribution in [3.63, 3.8) is 0 Å². The minimum absolute atomic E-state index is 0.0311. The van der Waals surface area contributed by atoms with Gasteiger partial charge >= 0.3 is 0 Å². The third-order valence-electron chi connectivity index (χ3n) is 4.85. The molecule has 3 rings (SSSR count). The van der Waals surface area contributed by atoms with E-state index >= 15 is 0 Å². The van der Waals surface area contributed by atoms with Gasteiger partial charge in [0, 0.05) is 25.3 Å². The molecule has 1 aliphatic carbocycles. The van der Waals surface area contributed by atoms with Crippen molar-refractivity contribution >= 4 is 5.91 Å². The largest absolute Gasteiger partial charge is 0.493 e. The number of carbonyl (C=O) groups is 1. The molecule has 0 bridgehead atoms. The quantitative estimate of drug-likeness (QED) is 0.894. The van der Waals surface area contributed by atoms with Gasteiger partial charge in [0.15, 0.2) is 17.3 Å². The zero-order chi connectivity index (χ0) is 17.0. The summed E-state index contributed by atoms with van der Waals surface area (Å²) in [6.45, 7) is 1.81. The molecule has 1 spiro atoms. The van der Waals surface area contributed by atoms with Crippen LogP contribution in [0.1, 0.15) is 31.2 Å². The molecule has 0 atom stereocenters. The number of hydrogen-bond donors (Lipinski definition) is 1. The van der Waals surface area contributed by atoms with Crippen molar-refractivity contribution < 1.29 is 23.7 Å². The number of ether oxygens (including phenoxy) is 4. The van der Waals surface area contributed by atoms with Crippen LogP contribution in [0.5, 0.6) is 11.5 Å². The summed E-state index contributed by atoms with van der Waals surface area (Å²) in [5, 5.41) is 3.02. The van der Waals surface area contributed by atoms with Crippen molar-refractivity contribution in [2.75, 3.05) is 27.4 Å². The summed E-state index contributed by atoms with van der Waals surface area (Å²) < 4.78 is 21.9. The summed E-state index contributed by atoms with van der Waals surface area (Å²) in [6.07, 6.45) is 3.19. The van der Waals surface area contributed by atoms with Crippen LogP contribution in [0.4, 0.5) is 0 Å². The first-order valence-corrected chi connectivity index (χ1v) is 8.42. The van der Waals surface area contributed by atoms with Crippen LogP contribution in [0.3, 0.4) is 0 Å². The van der Waals surface area contributed by atoms with E-state index in [1.165, 1.54) is 0 Å². The smallest absolute Gasteiger partial charge is 0.223 e. The number of nitrogens with one attached hydrogen (secondary N) is 1. The first-order valence-electron chi connectivity index (χ1n) is 8.42. The van der Waals surface area contributed by atoms with E-state index in [1.807, 2.05) is 18.2 Å². The zero-order valence-electron chi connectivity index (χ0n) is 14.3. The molecule has 6 nitrogen and oxygen atoms in total. The van der Waals surface area contributed by atoms with Crippen molar-refractivity contribution in [3.05, 3.63) is 23.8 Å². The number of amides is 1. The molecule has 2 fully saturated rings. The molecule has 1 N–H and O–H groups in total. The van der Waals surface area contributed by atoms with E-state index in [9.17, 15) is 4.79 Å². The normalized spacial score (nSPS) is 20.1. The topological polar surface area (TPSA) is 66.0 Å². The maximum Gasteiger partial charge on any atom is 0.223 e. The van der Waals surface area contributed by atoms with Gasteiger partial charge in [0.05, 0.1) is 27.4 Å². The molecule has 1 aromatic carbocycles. The van der Waals surface area contributed by atoms with E-state index in [1.54, 1.807) is 14.2 Å². The van der Waals surface area contributed by atoms with Crippen LogP contribution in [0.2, 0.25) is 0 Å². The minimum Gasteiger partial charge on any atom is -0.493 e. The maximum atomic E-state index is 12.4. The summed E-state index contributed by atoms with van der Waals surface area (Å²) >= 11 is 0. The lowest BCUT2D eigenvalue weighted by Gasteiger charge is -2.34. The highest BCUT2D eigenvalue weighted by Gasteiger charge is 2.41. The molecule has 1 saturated carbocycles. The van der Waals surface area contributed by atoms with Crippen LogP contribution < -0.4 is 14.8 Å². The molecule has 0 aromatic heterocycles. The van der Waals surface area contributed by atoms with E-state index in [0.717, 1.165) is 31.2 Å². The fourth-order valence-electron chi connectivity index (χ4n) is 3.43. The molecular formula is C18H25NO5. The molecule has 0 radical (unpaired) electrons. The number of rotatable bonds is 5. The van der Waals surface area contributed by atoms with E-state index in [4.69, 9.17) is 18.9 Å². The lowest BCUT2D eigenvalue weighted by molar-refractivity contribution is -0.183. The predicted molar refractivity (Wildman–Crippen MR) is 88.0 cm³/mol. The van der Waals surface area contributed by atoms with Gasteiger partial charge in [0.1, 0.15) is 0 Å². The average Bonchev–Trinajstić information content (AvgIpc) is 3.08. The monoisotopic (exact) mass is 335 g/mol. The standard InChI is InChI=1S/C18H25NO5/c1-21-15-4-3-13(11-16(15)22-2)12-19-17(20)14-5-7-18(8-6-14)23-9-10-24-18/h3-4,11,14H,5-10,12H2,1-2H3,(H,19,20). The van der Waals surface area contributed by atoms with Crippen molar-refractivity contribution in [1.82, 2.24) is 5.32 Å². The summed E-state index contributed by atoms with van der Waals surface area (Å²) in [5.41, 5.74) is 0.982. The van der Waals surface area contributed by atoms with Crippen molar-refractivity contribution in [1.29, 1.82) is 0 Å². The Labute approximate surface area is 142 Å².